The Hall–Kier alpha value is -1.30. The van der Waals surface area contributed by atoms with Gasteiger partial charge in [-0.2, -0.15) is 0 Å². The number of urea groups is 1. The minimum Gasteiger partial charge on any atom is -0.481 e. The second-order valence-corrected chi connectivity index (χ2v) is 4.53. The highest BCUT2D eigenvalue weighted by atomic mass is 16.4. The van der Waals surface area contributed by atoms with Crippen molar-refractivity contribution in [3.63, 3.8) is 0 Å². The van der Waals surface area contributed by atoms with Crippen molar-refractivity contribution in [1.29, 1.82) is 0 Å². The van der Waals surface area contributed by atoms with Crippen LogP contribution >= 0.6 is 0 Å². The van der Waals surface area contributed by atoms with Gasteiger partial charge in [0.2, 0.25) is 0 Å². The predicted molar refractivity (Wildman–Crippen MR) is 66.0 cm³/mol. The van der Waals surface area contributed by atoms with E-state index in [1.807, 2.05) is 25.9 Å². The van der Waals surface area contributed by atoms with Crippen LogP contribution in [0.5, 0.6) is 0 Å². The van der Waals surface area contributed by atoms with Gasteiger partial charge in [-0.05, 0) is 27.4 Å². The zero-order valence-corrected chi connectivity index (χ0v) is 11.1. The van der Waals surface area contributed by atoms with Crippen LogP contribution in [0.1, 0.15) is 19.8 Å². The molecule has 0 aliphatic carbocycles. The summed E-state index contributed by atoms with van der Waals surface area (Å²) in [5.41, 5.74) is 0. The van der Waals surface area contributed by atoms with E-state index in [1.54, 1.807) is 7.05 Å². The molecule has 6 nitrogen and oxygen atoms in total. The number of carboxylic acid groups (broad SMARTS) is 1. The summed E-state index contributed by atoms with van der Waals surface area (Å²) in [6.45, 7) is 3.16. The standard InChI is InChI=1S/C11H23N3O3/c1-9(8-13(2)3)12-11(17)14(4)7-5-6-10(15)16/h9H,5-8H2,1-4H3,(H,12,17)(H,15,16). The highest BCUT2D eigenvalue weighted by Crippen LogP contribution is 1.95. The topological polar surface area (TPSA) is 72.9 Å². The maximum atomic E-state index is 11.7. The summed E-state index contributed by atoms with van der Waals surface area (Å²) in [6.07, 6.45) is 0.562. The van der Waals surface area contributed by atoms with Gasteiger partial charge in [0.25, 0.3) is 0 Å². The van der Waals surface area contributed by atoms with Crippen LogP contribution in [0.3, 0.4) is 0 Å². The number of carbonyl (C=O) groups excluding carboxylic acids is 1. The first kappa shape index (κ1) is 15.7. The van der Waals surface area contributed by atoms with Gasteiger partial charge in [-0.25, -0.2) is 4.79 Å². The molecule has 0 fully saturated rings. The fourth-order valence-electron chi connectivity index (χ4n) is 1.48. The van der Waals surface area contributed by atoms with Crippen molar-refractivity contribution in [2.75, 3.05) is 34.2 Å². The van der Waals surface area contributed by atoms with E-state index >= 15 is 0 Å². The van der Waals surface area contributed by atoms with Crippen molar-refractivity contribution < 1.29 is 14.7 Å². The molecule has 0 radical (unpaired) electrons. The average molecular weight is 245 g/mol. The molecule has 100 valence electrons. The van der Waals surface area contributed by atoms with E-state index in [0.29, 0.717) is 13.0 Å². The lowest BCUT2D eigenvalue weighted by molar-refractivity contribution is -0.137. The maximum Gasteiger partial charge on any atom is 0.317 e. The smallest absolute Gasteiger partial charge is 0.317 e. The molecule has 0 saturated heterocycles. The van der Waals surface area contributed by atoms with Crippen LogP contribution in [0, 0.1) is 0 Å². The van der Waals surface area contributed by atoms with Gasteiger partial charge >= 0.3 is 12.0 Å². The number of aliphatic carboxylic acids is 1. The fraction of sp³-hybridized carbons (Fsp3) is 0.818. The van der Waals surface area contributed by atoms with Crippen LogP contribution in [-0.4, -0.2) is 67.2 Å². The molecule has 1 atom stereocenters. The number of hydrogen-bond donors (Lipinski definition) is 2. The van der Waals surface area contributed by atoms with Gasteiger partial charge in [-0.1, -0.05) is 0 Å². The van der Waals surface area contributed by atoms with Gasteiger partial charge in [0.15, 0.2) is 0 Å². The van der Waals surface area contributed by atoms with Crippen molar-refractivity contribution in [3.8, 4) is 0 Å². The summed E-state index contributed by atoms with van der Waals surface area (Å²) < 4.78 is 0. The lowest BCUT2D eigenvalue weighted by Crippen LogP contribution is -2.45. The predicted octanol–water partition coefficient (Wildman–Crippen LogP) is 0.443. The summed E-state index contributed by atoms with van der Waals surface area (Å²) >= 11 is 0. The Kier molecular flexibility index (Phi) is 7.29. The average Bonchev–Trinajstić information content (AvgIpc) is 2.15. The van der Waals surface area contributed by atoms with E-state index in [4.69, 9.17) is 5.11 Å². The van der Waals surface area contributed by atoms with Gasteiger partial charge in [0, 0.05) is 32.6 Å². The molecule has 0 aliphatic rings. The number of hydrogen-bond acceptors (Lipinski definition) is 3. The first-order chi connectivity index (χ1) is 7.82. The van der Waals surface area contributed by atoms with Crippen LogP contribution in [0.4, 0.5) is 4.79 Å². The molecule has 0 heterocycles. The van der Waals surface area contributed by atoms with Crippen LogP contribution in [0.2, 0.25) is 0 Å². The molecule has 0 saturated carbocycles. The van der Waals surface area contributed by atoms with Gasteiger partial charge < -0.3 is 20.2 Å². The summed E-state index contributed by atoms with van der Waals surface area (Å²) in [5.74, 6) is -0.834. The van der Waals surface area contributed by atoms with E-state index in [9.17, 15) is 9.59 Å². The Morgan fingerprint density at radius 3 is 2.35 bits per heavy atom. The quantitative estimate of drug-likeness (QED) is 0.683. The van der Waals surface area contributed by atoms with Crippen molar-refractivity contribution in [1.82, 2.24) is 15.1 Å². The summed E-state index contributed by atoms with van der Waals surface area (Å²) in [5, 5.41) is 11.3. The third kappa shape index (κ3) is 8.50. The van der Waals surface area contributed by atoms with Crippen LogP contribution in [0.25, 0.3) is 0 Å². The number of nitrogens with zero attached hydrogens (tertiary/aromatic N) is 2. The third-order valence-electron chi connectivity index (χ3n) is 2.24. The Morgan fingerprint density at radius 1 is 1.29 bits per heavy atom. The summed E-state index contributed by atoms with van der Waals surface area (Å²) in [6, 6.07) is -0.0934. The zero-order valence-electron chi connectivity index (χ0n) is 11.1. The highest BCUT2D eigenvalue weighted by molar-refractivity contribution is 5.74. The SMILES string of the molecule is CC(CN(C)C)NC(=O)N(C)CCCC(=O)O. The summed E-state index contributed by atoms with van der Waals surface area (Å²) in [4.78, 5) is 25.5. The number of amides is 2. The summed E-state index contributed by atoms with van der Waals surface area (Å²) in [7, 11) is 5.55. The molecule has 0 aromatic heterocycles. The molecule has 2 N–H and O–H groups in total. The molecule has 17 heavy (non-hydrogen) atoms. The van der Waals surface area contributed by atoms with Crippen molar-refractivity contribution in [2.24, 2.45) is 0 Å². The highest BCUT2D eigenvalue weighted by Gasteiger charge is 2.12. The molecule has 0 aromatic rings. The van der Waals surface area contributed by atoms with Gasteiger partial charge in [-0.3, -0.25) is 4.79 Å². The number of nitrogens with one attached hydrogen (secondary N) is 1. The Morgan fingerprint density at radius 2 is 1.88 bits per heavy atom. The maximum absolute atomic E-state index is 11.7. The number of likely N-dealkylation sites (N-methyl/N-ethyl adjacent to an activating group) is 1. The Bertz CT molecular complexity index is 256. The van der Waals surface area contributed by atoms with Gasteiger partial charge in [0.1, 0.15) is 0 Å². The first-order valence-corrected chi connectivity index (χ1v) is 5.71. The van der Waals surface area contributed by atoms with E-state index < -0.39 is 5.97 Å². The number of carbonyl (C=O) groups is 2. The molecule has 1 unspecified atom stereocenters. The van der Waals surface area contributed by atoms with Crippen LogP contribution in [0.15, 0.2) is 0 Å². The Balaban J connectivity index is 3.84. The normalized spacial score (nSPS) is 12.3. The largest absolute Gasteiger partial charge is 0.481 e. The van der Waals surface area contributed by atoms with Crippen molar-refractivity contribution >= 4 is 12.0 Å². The lowest BCUT2D eigenvalue weighted by atomic mass is 10.3. The molecule has 2 amide bonds. The first-order valence-electron chi connectivity index (χ1n) is 5.71. The second kappa shape index (κ2) is 7.89. The molecule has 0 aliphatic heterocycles. The fourth-order valence-corrected chi connectivity index (χ4v) is 1.48. The molecule has 0 aromatic carbocycles. The Labute approximate surface area is 103 Å². The van der Waals surface area contributed by atoms with Crippen LogP contribution in [-0.2, 0) is 4.79 Å². The molecular weight excluding hydrogens is 222 g/mol. The van der Waals surface area contributed by atoms with Crippen molar-refractivity contribution in [2.45, 2.75) is 25.8 Å². The van der Waals surface area contributed by atoms with Gasteiger partial charge in [-0.15, -0.1) is 0 Å². The van der Waals surface area contributed by atoms with Crippen LogP contribution < -0.4 is 5.32 Å². The number of carboxylic acids is 1. The monoisotopic (exact) mass is 245 g/mol. The van der Waals surface area contributed by atoms with E-state index in [1.165, 1.54) is 4.90 Å². The number of rotatable bonds is 7. The van der Waals surface area contributed by atoms with E-state index in [2.05, 4.69) is 5.32 Å². The molecule has 0 spiro atoms. The van der Waals surface area contributed by atoms with Crippen molar-refractivity contribution in [3.05, 3.63) is 0 Å². The molecule has 0 bridgehead atoms. The van der Waals surface area contributed by atoms with Gasteiger partial charge in [0.05, 0.1) is 0 Å². The molecule has 0 rings (SSSR count). The minimum absolute atomic E-state index is 0.0689. The third-order valence-corrected chi connectivity index (χ3v) is 2.24. The van der Waals surface area contributed by atoms with E-state index in [0.717, 1.165) is 6.54 Å². The second-order valence-electron chi connectivity index (χ2n) is 4.53. The minimum atomic E-state index is -0.834. The molecule has 6 heteroatoms. The lowest BCUT2D eigenvalue weighted by Gasteiger charge is -2.23. The van der Waals surface area contributed by atoms with E-state index in [-0.39, 0.29) is 18.5 Å². The molecular formula is C11H23N3O3. The zero-order chi connectivity index (χ0) is 13.4.